The van der Waals surface area contributed by atoms with E-state index in [9.17, 15) is 0 Å². The summed E-state index contributed by atoms with van der Waals surface area (Å²) in [7, 11) is 4.92. The van der Waals surface area contributed by atoms with Crippen LogP contribution in [0.4, 0.5) is 0 Å². The minimum Gasteiger partial charge on any atom is -0.509 e. The minimum atomic E-state index is 0. The number of nitrogens with zero attached hydrogens (tertiary/aromatic N) is 4. The molecule has 0 atom stereocenters. The fraction of sp³-hybridized carbons (Fsp3) is 0.0857. The van der Waals surface area contributed by atoms with Gasteiger partial charge in [0, 0.05) is 41.0 Å². The number of fused-ring (bicyclic) bond motifs is 3. The van der Waals surface area contributed by atoms with Gasteiger partial charge in [0.2, 0.25) is 0 Å². The van der Waals surface area contributed by atoms with Gasteiger partial charge in [-0.05, 0) is 35.3 Å². The van der Waals surface area contributed by atoms with Crippen LogP contribution in [0, 0.1) is 12.1 Å². The maximum Gasteiger partial charge on any atom is 2.00 e. The van der Waals surface area contributed by atoms with Crippen molar-refractivity contribution in [2.45, 2.75) is 0 Å². The van der Waals surface area contributed by atoms with Gasteiger partial charge in [-0.3, -0.25) is 4.68 Å². The molecule has 7 rings (SSSR count). The molecule has 220 valence electrons. The number of methoxy groups -OCH3 is 3. The molecule has 0 unspecified atom stereocenters. The molecule has 0 aliphatic rings. The van der Waals surface area contributed by atoms with Gasteiger partial charge < -0.3 is 23.5 Å². The number of benzene rings is 4. The fourth-order valence-corrected chi connectivity index (χ4v) is 5.29. The van der Waals surface area contributed by atoms with Crippen molar-refractivity contribution in [3.8, 4) is 51.4 Å². The molecule has 0 aliphatic carbocycles. The third kappa shape index (κ3) is 5.18. The molecule has 9 heteroatoms. The zero-order valence-electron chi connectivity index (χ0n) is 24.1. The van der Waals surface area contributed by atoms with Gasteiger partial charge >= 0.3 is 21.1 Å². The van der Waals surface area contributed by atoms with Gasteiger partial charge in [0.15, 0.2) is 0 Å². The quantitative estimate of drug-likeness (QED) is 0.150. The molecule has 0 saturated heterocycles. The van der Waals surface area contributed by atoms with Crippen LogP contribution in [-0.4, -0.2) is 40.7 Å². The third-order valence-electron chi connectivity index (χ3n) is 7.26. The van der Waals surface area contributed by atoms with E-state index in [0.29, 0.717) is 28.7 Å². The average molecular weight is 762 g/mol. The summed E-state index contributed by atoms with van der Waals surface area (Å²) in [6.07, 6.45) is 5.42. The second-order valence-corrected chi connectivity index (χ2v) is 9.70. The number of ether oxygens (including phenoxy) is 4. The molecule has 0 amide bonds. The van der Waals surface area contributed by atoms with Gasteiger partial charge in [-0.15, -0.1) is 35.7 Å². The van der Waals surface area contributed by atoms with Crippen molar-refractivity contribution in [2.24, 2.45) is 0 Å². The molecule has 7 aromatic rings. The van der Waals surface area contributed by atoms with Crippen molar-refractivity contribution in [3.63, 3.8) is 0 Å². The van der Waals surface area contributed by atoms with Crippen LogP contribution < -0.4 is 18.9 Å². The number of hydrogen-bond donors (Lipinski definition) is 0. The first-order valence-corrected chi connectivity index (χ1v) is 13.6. The maximum atomic E-state index is 6.29. The molecule has 0 spiro atoms. The summed E-state index contributed by atoms with van der Waals surface area (Å²) in [5.41, 5.74) is 4.26. The predicted octanol–water partition coefficient (Wildman–Crippen LogP) is 7.45. The van der Waals surface area contributed by atoms with Gasteiger partial charge in [0.25, 0.3) is 0 Å². The normalized spacial score (nSPS) is 10.9. The van der Waals surface area contributed by atoms with E-state index in [1.165, 1.54) is 0 Å². The van der Waals surface area contributed by atoms with E-state index < -0.39 is 0 Å². The topological polar surface area (TPSA) is 72.6 Å². The predicted molar refractivity (Wildman–Crippen MR) is 165 cm³/mol. The second kappa shape index (κ2) is 12.3. The maximum absolute atomic E-state index is 6.29. The molecule has 0 radical (unpaired) electrons. The molecule has 0 fully saturated rings. The molecule has 4 aromatic carbocycles. The molecular formula is C35H26N4O4Pt. The summed E-state index contributed by atoms with van der Waals surface area (Å²) in [6, 6.07) is 34.1. The molecule has 44 heavy (non-hydrogen) atoms. The first-order valence-electron chi connectivity index (χ1n) is 13.6. The summed E-state index contributed by atoms with van der Waals surface area (Å²) in [6.45, 7) is 0. The third-order valence-corrected chi connectivity index (χ3v) is 7.26. The number of rotatable bonds is 8. The van der Waals surface area contributed by atoms with Crippen molar-refractivity contribution in [2.75, 3.05) is 21.3 Å². The average Bonchev–Trinajstić information content (AvgIpc) is 3.67. The van der Waals surface area contributed by atoms with E-state index in [0.717, 1.165) is 44.5 Å². The van der Waals surface area contributed by atoms with Gasteiger partial charge in [-0.2, -0.15) is 17.2 Å². The Morgan fingerprint density at radius 3 is 2.30 bits per heavy atom. The van der Waals surface area contributed by atoms with Crippen molar-refractivity contribution in [3.05, 3.63) is 116 Å². The van der Waals surface area contributed by atoms with E-state index in [-0.39, 0.29) is 21.1 Å². The monoisotopic (exact) mass is 761 g/mol. The van der Waals surface area contributed by atoms with E-state index in [4.69, 9.17) is 18.9 Å². The van der Waals surface area contributed by atoms with Crippen LogP contribution in [-0.2, 0) is 21.1 Å². The Kier molecular flexibility index (Phi) is 8.09. The SMILES string of the molecule is COc1ccnc(-n2c3[c-]c(Oc4[c-]c(-n5cc(-c6c(OC)cccc6OC)cn5)ccc4)ccc3c3ccccc32)c1.[Pt+2]. The first-order chi connectivity index (χ1) is 21.2. The number of aromatic nitrogens is 4. The van der Waals surface area contributed by atoms with Gasteiger partial charge in [0.1, 0.15) is 23.1 Å². The van der Waals surface area contributed by atoms with Crippen LogP contribution >= 0.6 is 0 Å². The van der Waals surface area contributed by atoms with Crippen molar-refractivity contribution in [1.82, 2.24) is 19.3 Å². The largest absolute Gasteiger partial charge is 2.00 e. The Bertz CT molecular complexity index is 2080. The number of para-hydroxylation sites is 1. The van der Waals surface area contributed by atoms with Crippen LogP contribution in [0.1, 0.15) is 0 Å². The van der Waals surface area contributed by atoms with Crippen molar-refractivity contribution < 1.29 is 40.0 Å². The summed E-state index contributed by atoms with van der Waals surface area (Å²) in [5.74, 6) is 3.93. The minimum absolute atomic E-state index is 0. The van der Waals surface area contributed by atoms with Gasteiger partial charge in [0.05, 0.1) is 33.1 Å². The Balaban J connectivity index is 0.00000343. The summed E-state index contributed by atoms with van der Waals surface area (Å²) >= 11 is 0. The molecule has 8 nitrogen and oxygen atoms in total. The standard InChI is InChI=1S/C35H26N4O4.Pt/c1-40-25-16-17-36-34(20-25)39-30-11-5-4-10-28(30)29-15-14-27(19-31(29)39)43-26-9-6-8-24(18-26)38-22-23(21-37-38)35-32(41-2)12-7-13-33(35)42-3;/h4-17,20-22H,1-3H3;/q-2;+2. The van der Waals surface area contributed by atoms with Crippen molar-refractivity contribution >= 4 is 21.8 Å². The second-order valence-electron chi connectivity index (χ2n) is 9.70. The van der Waals surface area contributed by atoms with E-state index in [1.807, 2.05) is 79.0 Å². The van der Waals surface area contributed by atoms with E-state index in [2.05, 4.69) is 38.9 Å². The van der Waals surface area contributed by atoms with E-state index in [1.54, 1.807) is 38.4 Å². The molecule has 0 saturated carbocycles. The zero-order chi connectivity index (χ0) is 29.3. The van der Waals surface area contributed by atoms with Crippen LogP contribution in [0.2, 0.25) is 0 Å². The van der Waals surface area contributed by atoms with E-state index >= 15 is 0 Å². The van der Waals surface area contributed by atoms with Crippen LogP contribution in [0.3, 0.4) is 0 Å². The van der Waals surface area contributed by atoms with Crippen molar-refractivity contribution in [1.29, 1.82) is 0 Å². The molecule has 3 heterocycles. The Labute approximate surface area is 268 Å². The molecular weight excluding hydrogens is 735 g/mol. The summed E-state index contributed by atoms with van der Waals surface area (Å²) < 4.78 is 26.7. The number of pyridine rings is 1. The zero-order valence-corrected chi connectivity index (χ0v) is 26.3. The smallest absolute Gasteiger partial charge is 0.509 e. The van der Waals surface area contributed by atoms with Gasteiger partial charge in [-0.25, -0.2) is 4.98 Å². The fourth-order valence-electron chi connectivity index (χ4n) is 5.29. The summed E-state index contributed by atoms with van der Waals surface area (Å²) in [5, 5.41) is 6.72. The van der Waals surface area contributed by atoms with Crippen LogP contribution in [0.25, 0.3) is 44.4 Å². The first kappa shape index (κ1) is 29.0. The molecule has 0 N–H and O–H groups in total. The molecule has 3 aromatic heterocycles. The molecule has 0 bridgehead atoms. The Morgan fingerprint density at radius 2 is 1.50 bits per heavy atom. The number of hydrogen-bond acceptors (Lipinski definition) is 6. The Hall–Kier alpha value is -5.07. The summed E-state index contributed by atoms with van der Waals surface area (Å²) in [4.78, 5) is 4.63. The van der Waals surface area contributed by atoms with Gasteiger partial charge in [-0.1, -0.05) is 29.8 Å². The van der Waals surface area contributed by atoms with Crippen LogP contribution in [0.15, 0.2) is 104 Å². The Morgan fingerprint density at radius 1 is 0.727 bits per heavy atom. The molecule has 0 aliphatic heterocycles. The van der Waals surface area contributed by atoms with Crippen LogP contribution in [0.5, 0.6) is 28.7 Å².